The van der Waals surface area contributed by atoms with Crippen molar-refractivity contribution in [3.8, 4) is 0 Å². The van der Waals surface area contributed by atoms with E-state index in [-0.39, 0.29) is 11.3 Å². The van der Waals surface area contributed by atoms with E-state index in [9.17, 15) is 4.79 Å². The molecule has 0 bridgehead atoms. The minimum atomic E-state index is -0.297. The van der Waals surface area contributed by atoms with E-state index in [1.165, 1.54) is 37.1 Å². The van der Waals surface area contributed by atoms with Crippen molar-refractivity contribution in [2.45, 2.75) is 58.5 Å². The molecule has 3 rings (SSSR count). The first-order valence-electron chi connectivity index (χ1n) is 11.9. The van der Waals surface area contributed by atoms with Gasteiger partial charge in [-0.2, -0.15) is 0 Å². The molecule has 6 nitrogen and oxygen atoms in total. The van der Waals surface area contributed by atoms with Gasteiger partial charge in [0.05, 0.1) is 5.41 Å². The largest absolute Gasteiger partial charge is 0.355 e. The molecule has 6 heteroatoms. The number of carbonyl (C=O) groups is 1. The van der Waals surface area contributed by atoms with Crippen LogP contribution in [0, 0.1) is 11.3 Å². The Balaban J connectivity index is 1.48. The number of benzene rings is 1. The van der Waals surface area contributed by atoms with Gasteiger partial charge in [-0.15, -0.1) is 0 Å². The van der Waals surface area contributed by atoms with E-state index in [1.54, 1.807) is 11.9 Å². The van der Waals surface area contributed by atoms with E-state index in [0.29, 0.717) is 6.54 Å². The highest BCUT2D eigenvalue weighted by Crippen LogP contribution is 2.38. The zero-order valence-electron chi connectivity index (χ0n) is 19.9. The first kappa shape index (κ1) is 23.6. The number of aliphatic imine (C=N–C) groups is 1. The van der Waals surface area contributed by atoms with Gasteiger partial charge in [-0.1, -0.05) is 44.0 Å². The molecule has 1 aromatic carbocycles. The fourth-order valence-corrected chi connectivity index (χ4v) is 5.10. The Labute approximate surface area is 188 Å². The lowest BCUT2D eigenvalue weighted by atomic mass is 9.84. The fraction of sp³-hybridized carbons (Fsp3) is 0.680. The van der Waals surface area contributed by atoms with Gasteiger partial charge in [0.15, 0.2) is 5.96 Å². The molecule has 2 aliphatic rings. The summed E-state index contributed by atoms with van der Waals surface area (Å²) in [6.45, 7) is 7.18. The summed E-state index contributed by atoms with van der Waals surface area (Å²) in [5.41, 5.74) is 2.32. The van der Waals surface area contributed by atoms with Crippen molar-refractivity contribution in [1.82, 2.24) is 20.4 Å². The summed E-state index contributed by atoms with van der Waals surface area (Å²) in [5.74, 6) is 1.80. The van der Waals surface area contributed by atoms with Crippen LogP contribution in [-0.4, -0.2) is 62.4 Å². The molecular formula is C25H41N5O. The van der Waals surface area contributed by atoms with E-state index in [1.807, 2.05) is 14.1 Å². The second-order valence-electron chi connectivity index (χ2n) is 9.77. The van der Waals surface area contributed by atoms with E-state index >= 15 is 0 Å². The van der Waals surface area contributed by atoms with Gasteiger partial charge in [0.25, 0.3) is 0 Å². The maximum atomic E-state index is 12.8. The topological polar surface area (TPSA) is 60.0 Å². The van der Waals surface area contributed by atoms with Crippen molar-refractivity contribution in [3.05, 3.63) is 35.4 Å². The third-order valence-corrected chi connectivity index (χ3v) is 6.87. The molecule has 1 unspecified atom stereocenters. The number of carbonyl (C=O) groups excluding carboxylic acids is 1. The lowest BCUT2D eigenvalue weighted by Gasteiger charge is -2.31. The van der Waals surface area contributed by atoms with Gasteiger partial charge in [-0.3, -0.25) is 14.7 Å². The van der Waals surface area contributed by atoms with Gasteiger partial charge in [0, 0.05) is 47.3 Å². The molecule has 31 heavy (non-hydrogen) atoms. The SMILES string of the molecule is CN=C(NCc1ccc(CN2CCCC(C)C2)cc1)NCC1(C(=O)N(C)C)CCCC1. The van der Waals surface area contributed by atoms with E-state index in [2.05, 4.69) is 51.7 Å². The number of likely N-dealkylation sites (tertiary alicyclic amines) is 1. The van der Waals surface area contributed by atoms with E-state index < -0.39 is 0 Å². The lowest BCUT2D eigenvalue weighted by molar-refractivity contribution is -0.138. The highest BCUT2D eigenvalue weighted by molar-refractivity contribution is 5.85. The highest BCUT2D eigenvalue weighted by atomic mass is 16.2. The molecule has 1 aliphatic carbocycles. The van der Waals surface area contributed by atoms with Crippen molar-refractivity contribution in [2.75, 3.05) is 40.8 Å². The van der Waals surface area contributed by atoms with Crippen LogP contribution in [-0.2, 0) is 17.9 Å². The summed E-state index contributed by atoms with van der Waals surface area (Å²) in [4.78, 5) is 21.4. The second kappa shape index (κ2) is 11.0. The van der Waals surface area contributed by atoms with E-state index in [4.69, 9.17) is 0 Å². The average molecular weight is 428 g/mol. The molecule has 2 fully saturated rings. The molecule has 172 valence electrons. The normalized spacial score (nSPS) is 21.7. The molecule has 0 radical (unpaired) electrons. The first-order valence-corrected chi connectivity index (χ1v) is 11.9. The Bertz CT molecular complexity index is 737. The molecule has 1 amide bonds. The third kappa shape index (κ3) is 6.45. The summed E-state index contributed by atoms with van der Waals surface area (Å²) >= 11 is 0. The minimum absolute atomic E-state index is 0.228. The molecule has 1 aliphatic heterocycles. The van der Waals surface area contributed by atoms with Crippen LogP contribution >= 0.6 is 0 Å². The van der Waals surface area contributed by atoms with Crippen LogP contribution in [0.4, 0.5) is 0 Å². The summed E-state index contributed by atoms with van der Waals surface area (Å²) in [6, 6.07) is 8.90. The minimum Gasteiger partial charge on any atom is -0.355 e. The molecule has 0 aromatic heterocycles. The molecule has 1 atom stereocenters. The highest BCUT2D eigenvalue weighted by Gasteiger charge is 2.42. The summed E-state index contributed by atoms with van der Waals surface area (Å²) in [7, 11) is 5.49. The van der Waals surface area contributed by atoms with Gasteiger partial charge >= 0.3 is 0 Å². The first-order chi connectivity index (χ1) is 14.9. The van der Waals surface area contributed by atoms with Crippen LogP contribution < -0.4 is 10.6 Å². The predicted octanol–water partition coefficient (Wildman–Crippen LogP) is 3.23. The van der Waals surface area contributed by atoms with Crippen LogP contribution in [0.5, 0.6) is 0 Å². The lowest BCUT2D eigenvalue weighted by Crippen LogP contribution is -2.49. The smallest absolute Gasteiger partial charge is 0.230 e. The van der Waals surface area contributed by atoms with Crippen LogP contribution in [0.2, 0.25) is 0 Å². The van der Waals surface area contributed by atoms with E-state index in [0.717, 1.165) is 50.7 Å². The number of piperidine rings is 1. The zero-order chi connectivity index (χ0) is 22.3. The summed E-state index contributed by atoms with van der Waals surface area (Å²) in [5, 5.41) is 6.82. The second-order valence-corrected chi connectivity index (χ2v) is 9.77. The van der Waals surface area contributed by atoms with Crippen molar-refractivity contribution >= 4 is 11.9 Å². The third-order valence-electron chi connectivity index (χ3n) is 6.87. The molecule has 0 spiro atoms. The Kier molecular flexibility index (Phi) is 8.35. The molecule has 2 N–H and O–H groups in total. The number of nitrogens with zero attached hydrogens (tertiary/aromatic N) is 3. The van der Waals surface area contributed by atoms with Crippen LogP contribution in [0.3, 0.4) is 0 Å². The Morgan fingerprint density at radius 3 is 2.42 bits per heavy atom. The van der Waals surface area contributed by atoms with Gasteiger partial charge in [-0.05, 0) is 49.3 Å². The van der Waals surface area contributed by atoms with Crippen molar-refractivity contribution in [2.24, 2.45) is 16.3 Å². The van der Waals surface area contributed by atoms with Gasteiger partial charge in [-0.25, -0.2) is 0 Å². The average Bonchev–Trinajstić information content (AvgIpc) is 3.24. The number of hydrogen-bond donors (Lipinski definition) is 2. The molecule has 1 saturated carbocycles. The predicted molar refractivity (Wildman–Crippen MR) is 128 cm³/mol. The Morgan fingerprint density at radius 2 is 1.81 bits per heavy atom. The summed E-state index contributed by atoms with van der Waals surface area (Å²) < 4.78 is 0. The maximum Gasteiger partial charge on any atom is 0.230 e. The molecular weight excluding hydrogens is 386 g/mol. The number of hydrogen-bond acceptors (Lipinski definition) is 3. The number of amides is 1. The van der Waals surface area contributed by atoms with Crippen LogP contribution in [0.25, 0.3) is 0 Å². The number of nitrogens with one attached hydrogen (secondary N) is 2. The molecule has 1 heterocycles. The number of rotatable bonds is 7. The Hall–Kier alpha value is -2.08. The quantitative estimate of drug-likeness (QED) is 0.518. The van der Waals surface area contributed by atoms with Crippen molar-refractivity contribution in [3.63, 3.8) is 0 Å². The molecule has 1 saturated heterocycles. The maximum absolute atomic E-state index is 12.8. The molecule has 1 aromatic rings. The zero-order valence-corrected chi connectivity index (χ0v) is 19.9. The van der Waals surface area contributed by atoms with Gasteiger partial charge in [0.1, 0.15) is 0 Å². The van der Waals surface area contributed by atoms with Crippen LogP contribution in [0.1, 0.15) is 56.6 Å². The monoisotopic (exact) mass is 427 g/mol. The van der Waals surface area contributed by atoms with Crippen molar-refractivity contribution < 1.29 is 4.79 Å². The van der Waals surface area contributed by atoms with Gasteiger partial charge < -0.3 is 15.5 Å². The Morgan fingerprint density at radius 1 is 1.13 bits per heavy atom. The standard InChI is InChI=1S/C25H41N5O/c1-20-8-7-15-30(17-20)18-22-11-9-21(10-12-22)16-27-24(26-2)28-19-25(13-5-6-14-25)23(31)29(3)4/h9-12,20H,5-8,13-19H2,1-4H3,(H2,26,27,28). The van der Waals surface area contributed by atoms with Crippen LogP contribution in [0.15, 0.2) is 29.3 Å². The summed E-state index contributed by atoms with van der Waals surface area (Å²) in [6.07, 6.45) is 6.82. The van der Waals surface area contributed by atoms with Gasteiger partial charge in [0.2, 0.25) is 5.91 Å². The number of guanidine groups is 1. The van der Waals surface area contributed by atoms with Crippen molar-refractivity contribution in [1.29, 1.82) is 0 Å². The fourth-order valence-electron chi connectivity index (χ4n) is 5.10.